The zero-order valence-electron chi connectivity index (χ0n) is 15.4. The normalized spacial score (nSPS) is 11.4. The smallest absolute Gasteiger partial charge is 0.128 e. The van der Waals surface area contributed by atoms with Crippen LogP contribution in [0.15, 0.2) is 72.8 Å². The van der Waals surface area contributed by atoms with E-state index in [-0.39, 0.29) is 17.8 Å². The molecule has 0 bridgehead atoms. The van der Waals surface area contributed by atoms with Gasteiger partial charge in [-0.15, -0.1) is 0 Å². The molecule has 3 rings (SSSR count). The van der Waals surface area contributed by atoms with E-state index in [9.17, 15) is 4.39 Å². The highest BCUT2D eigenvalue weighted by Gasteiger charge is 2.21. The molecule has 0 unspecified atom stereocenters. The van der Waals surface area contributed by atoms with Crippen LogP contribution in [0.2, 0.25) is 5.02 Å². The summed E-state index contributed by atoms with van der Waals surface area (Å²) in [5, 5.41) is 0.702. The Balaban J connectivity index is 1.63. The van der Waals surface area contributed by atoms with Gasteiger partial charge < -0.3 is 9.47 Å². The molecule has 0 N–H and O–H groups in total. The molecule has 0 radical (unpaired) electrons. The molecule has 3 aromatic rings. The molecule has 0 saturated carbocycles. The number of benzene rings is 3. The maximum Gasteiger partial charge on any atom is 0.128 e. The third-order valence-corrected chi connectivity index (χ3v) is 4.59. The van der Waals surface area contributed by atoms with Crippen molar-refractivity contribution in [1.29, 1.82) is 0 Å². The SMILES string of the molecule is CC(C)(COCc1cc(Oc2ccccc2)ccc1F)c1ccc(Cl)cc1. The molecule has 0 amide bonds. The van der Waals surface area contributed by atoms with E-state index in [4.69, 9.17) is 21.1 Å². The third kappa shape index (κ3) is 5.31. The maximum absolute atomic E-state index is 14.1. The predicted octanol–water partition coefficient (Wildman–Crippen LogP) is 6.77. The first-order chi connectivity index (χ1) is 12.9. The fraction of sp³-hybridized carbons (Fsp3) is 0.217. The Labute approximate surface area is 164 Å². The molecule has 0 aliphatic carbocycles. The fourth-order valence-corrected chi connectivity index (χ4v) is 2.88. The number of hydrogen-bond acceptors (Lipinski definition) is 2. The molecule has 0 fully saturated rings. The van der Waals surface area contributed by atoms with E-state index in [0.717, 1.165) is 5.56 Å². The van der Waals surface area contributed by atoms with Gasteiger partial charge >= 0.3 is 0 Å². The van der Waals surface area contributed by atoms with E-state index in [0.29, 0.717) is 28.7 Å². The molecular formula is C23H22ClFO2. The van der Waals surface area contributed by atoms with Gasteiger partial charge in [0.15, 0.2) is 0 Å². The summed E-state index contributed by atoms with van der Waals surface area (Å²) in [6.45, 7) is 4.80. The highest BCUT2D eigenvalue weighted by atomic mass is 35.5. The van der Waals surface area contributed by atoms with Gasteiger partial charge in [0.25, 0.3) is 0 Å². The van der Waals surface area contributed by atoms with Crippen LogP contribution in [-0.4, -0.2) is 6.61 Å². The summed E-state index contributed by atoms with van der Waals surface area (Å²) in [6.07, 6.45) is 0. The maximum atomic E-state index is 14.1. The topological polar surface area (TPSA) is 18.5 Å². The summed E-state index contributed by atoms with van der Waals surface area (Å²) < 4.78 is 25.7. The van der Waals surface area contributed by atoms with Crippen molar-refractivity contribution in [2.45, 2.75) is 25.9 Å². The van der Waals surface area contributed by atoms with E-state index in [1.54, 1.807) is 12.1 Å². The Hall–Kier alpha value is -2.36. The van der Waals surface area contributed by atoms with Crippen LogP contribution in [-0.2, 0) is 16.8 Å². The lowest BCUT2D eigenvalue weighted by atomic mass is 9.86. The molecule has 0 aliphatic rings. The minimum absolute atomic E-state index is 0.175. The van der Waals surface area contributed by atoms with E-state index in [1.165, 1.54) is 6.07 Å². The van der Waals surface area contributed by atoms with Crippen molar-refractivity contribution >= 4 is 11.6 Å². The minimum Gasteiger partial charge on any atom is -0.457 e. The first-order valence-corrected chi connectivity index (χ1v) is 9.17. The molecule has 0 saturated heterocycles. The number of rotatable bonds is 7. The van der Waals surface area contributed by atoms with Crippen molar-refractivity contribution in [3.8, 4) is 11.5 Å². The highest BCUT2D eigenvalue weighted by molar-refractivity contribution is 6.30. The predicted molar refractivity (Wildman–Crippen MR) is 107 cm³/mol. The number of halogens is 2. The van der Waals surface area contributed by atoms with Crippen LogP contribution >= 0.6 is 11.6 Å². The third-order valence-electron chi connectivity index (χ3n) is 4.34. The van der Waals surface area contributed by atoms with Gasteiger partial charge in [0.05, 0.1) is 13.2 Å². The first-order valence-electron chi connectivity index (χ1n) is 8.79. The second-order valence-electron chi connectivity index (χ2n) is 7.05. The summed E-state index contributed by atoms with van der Waals surface area (Å²) in [6, 6.07) is 21.8. The second-order valence-corrected chi connectivity index (χ2v) is 7.49. The first kappa shape index (κ1) is 19.4. The molecule has 2 nitrogen and oxygen atoms in total. The lowest BCUT2D eigenvalue weighted by Gasteiger charge is -2.25. The van der Waals surface area contributed by atoms with Gasteiger partial charge in [-0.2, -0.15) is 0 Å². The van der Waals surface area contributed by atoms with Crippen molar-refractivity contribution in [2.75, 3.05) is 6.61 Å². The van der Waals surface area contributed by atoms with Crippen LogP contribution in [0.4, 0.5) is 4.39 Å². The Kier molecular flexibility index (Phi) is 6.15. The van der Waals surface area contributed by atoms with Crippen molar-refractivity contribution < 1.29 is 13.9 Å². The number of hydrogen-bond donors (Lipinski definition) is 0. The van der Waals surface area contributed by atoms with Crippen LogP contribution in [0.1, 0.15) is 25.0 Å². The summed E-state index contributed by atoms with van der Waals surface area (Å²) in [5.74, 6) is 0.984. The van der Waals surface area contributed by atoms with Gasteiger partial charge in [-0.1, -0.05) is 55.8 Å². The van der Waals surface area contributed by atoms with Crippen LogP contribution in [0, 0.1) is 5.82 Å². The van der Waals surface area contributed by atoms with Crippen LogP contribution < -0.4 is 4.74 Å². The molecule has 0 atom stereocenters. The zero-order chi connectivity index (χ0) is 19.3. The quantitative estimate of drug-likeness (QED) is 0.447. The molecule has 0 aromatic heterocycles. The van der Waals surface area contributed by atoms with E-state index >= 15 is 0 Å². The Morgan fingerprint density at radius 2 is 1.59 bits per heavy atom. The van der Waals surface area contributed by atoms with Crippen LogP contribution in [0.3, 0.4) is 0 Å². The standard InChI is InChI=1S/C23H22ClFO2/c1-23(2,18-8-10-19(24)11-9-18)16-26-15-17-14-21(12-13-22(17)25)27-20-6-4-3-5-7-20/h3-14H,15-16H2,1-2H3. The molecule has 140 valence electrons. The van der Waals surface area contributed by atoms with Gasteiger partial charge in [-0.25, -0.2) is 4.39 Å². The number of ether oxygens (including phenoxy) is 2. The average molecular weight is 385 g/mol. The highest BCUT2D eigenvalue weighted by Crippen LogP contribution is 2.27. The van der Waals surface area contributed by atoms with Gasteiger partial charge in [0.1, 0.15) is 17.3 Å². The molecule has 0 spiro atoms. The minimum atomic E-state index is -0.306. The number of para-hydroxylation sites is 1. The van der Waals surface area contributed by atoms with Crippen LogP contribution in [0.25, 0.3) is 0 Å². The van der Waals surface area contributed by atoms with Crippen molar-refractivity contribution in [1.82, 2.24) is 0 Å². The van der Waals surface area contributed by atoms with E-state index in [1.807, 2.05) is 54.6 Å². The molecule has 4 heteroatoms. The summed E-state index contributed by atoms with van der Waals surface area (Å²) >= 11 is 5.95. The van der Waals surface area contributed by atoms with E-state index in [2.05, 4.69) is 13.8 Å². The Morgan fingerprint density at radius 3 is 2.30 bits per heavy atom. The van der Waals surface area contributed by atoms with Gasteiger partial charge in [0, 0.05) is 16.0 Å². The molecule has 0 aliphatic heterocycles. The fourth-order valence-electron chi connectivity index (χ4n) is 2.75. The molecular weight excluding hydrogens is 363 g/mol. The zero-order valence-corrected chi connectivity index (χ0v) is 16.2. The lowest BCUT2D eigenvalue weighted by molar-refractivity contribution is 0.0806. The monoisotopic (exact) mass is 384 g/mol. The summed E-state index contributed by atoms with van der Waals surface area (Å²) in [7, 11) is 0. The lowest BCUT2D eigenvalue weighted by Crippen LogP contribution is -2.24. The average Bonchev–Trinajstić information content (AvgIpc) is 2.65. The van der Waals surface area contributed by atoms with Crippen molar-refractivity contribution in [3.05, 3.63) is 94.8 Å². The summed E-state index contributed by atoms with van der Waals surface area (Å²) in [4.78, 5) is 0. The Bertz CT molecular complexity index is 877. The Morgan fingerprint density at radius 1 is 0.889 bits per heavy atom. The van der Waals surface area contributed by atoms with Crippen molar-refractivity contribution in [2.24, 2.45) is 0 Å². The van der Waals surface area contributed by atoms with E-state index < -0.39 is 0 Å². The summed E-state index contributed by atoms with van der Waals surface area (Å²) in [5.41, 5.74) is 1.38. The second kappa shape index (κ2) is 8.55. The molecule has 0 heterocycles. The van der Waals surface area contributed by atoms with Crippen LogP contribution in [0.5, 0.6) is 11.5 Å². The van der Waals surface area contributed by atoms with Gasteiger partial charge in [-0.3, -0.25) is 0 Å². The largest absolute Gasteiger partial charge is 0.457 e. The van der Waals surface area contributed by atoms with Gasteiger partial charge in [0.2, 0.25) is 0 Å². The molecule has 27 heavy (non-hydrogen) atoms. The van der Waals surface area contributed by atoms with Crippen molar-refractivity contribution in [3.63, 3.8) is 0 Å². The van der Waals surface area contributed by atoms with Gasteiger partial charge in [-0.05, 0) is 48.0 Å². The molecule has 3 aromatic carbocycles.